The lowest BCUT2D eigenvalue weighted by atomic mass is 9.32. The number of aliphatic hydroxyl groups is 1. The number of aliphatic hydroxyl groups excluding tert-OH is 1. The quantitative estimate of drug-likeness (QED) is 0.431. The minimum atomic E-state index is -0.294. The van der Waals surface area contributed by atoms with Crippen molar-refractivity contribution >= 4 is 11.8 Å². The van der Waals surface area contributed by atoms with Crippen molar-refractivity contribution in [2.75, 3.05) is 7.11 Å². The lowest BCUT2D eigenvalue weighted by Crippen LogP contribution is -2.67. The van der Waals surface area contributed by atoms with Gasteiger partial charge in [-0.15, -0.1) is 0 Å². The highest BCUT2D eigenvalue weighted by atomic mass is 16.5. The van der Waals surface area contributed by atoms with Crippen LogP contribution in [0.5, 0.6) is 0 Å². The molecular weight excluding hydrogens is 436 g/mol. The van der Waals surface area contributed by atoms with E-state index in [1.54, 1.807) is 0 Å². The number of carbonyl (C=O) groups is 2. The van der Waals surface area contributed by atoms with E-state index in [4.69, 9.17) is 4.74 Å². The molecule has 4 saturated carbocycles. The Bertz CT molecular complexity index is 980. The minimum Gasteiger partial charge on any atom is -0.469 e. The van der Waals surface area contributed by atoms with Crippen LogP contribution in [0.2, 0.25) is 0 Å². The van der Waals surface area contributed by atoms with Crippen molar-refractivity contribution in [1.82, 2.24) is 0 Å². The number of allylic oxidation sites excluding steroid dienone is 2. The largest absolute Gasteiger partial charge is 0.469 e. The first-order valence-corrected chi connectivity index (χ1v) is 14.1. The molecule has 0 bridgehead atoms. The van der Waals surface area contributed by atoms with Gasteiger partial charge in [0.2, 0.25) is 0 Å². The van der Waals surface area contributed by atoms with Gasteiger partial charge in [-0.3, -0.25) is 9.59 Å². The number of methoxy groups -OCH3 is 1. The molecule has 0 radical (unpaired) electrons. The van der Waals surface area contributed by atoms with E-state index in [-0.39, 0.29) is 56.4 Å². The van der Waals surface area contributed by atoms with E-state index in [0.717, 1.165) is 57.8 Å². The molecule has 0 amide bonds. The lowest BCUT2D eigenvalue weighted by Gasteiger charge is -2.72. The van der Waals surface area contributed by atoms with E-state index in [2.05, 4.69) is 54.5 Å². The summed E-state index contributed by atoms with van der Waals surface area (Å²) < 4.78 is 5.19. The van der Waals surface area contributed by atoms with Crippen molar-refractivity contribution in [3.63, 3.8) is 0 Å². The molecule has 0 spiro atoms. The third-order valence-corrected chi connectivity index (χ3v) is 13.5. The zero-order chi connectivity index (χ0) is 25.8. The van der Waals surface area contributed by atoms with Gasteiger partial charge >= 0.3 is 5.97 Å². The maximum atomic E-state index is 14.3. The second kappa shape index (κ2) is 7.45. The molecular formula is C31H48O4. The summed E-state index contributed by atoms with van der Waals surface area (Å²) in [7, 11) is 1.50. The fourth-order valence-electron chi connectivity index (χ4n) is 10.9. The Hall–Kier alpha value is -1.16. The summed E-state index contributed by atoms with van der Waals surface area (Å²) in [6.07, 6.45) is 10.5. The van der Waals surface area contributed by atoms with Crippen molar-refractivity contribution in [2.24, 2.45) is 50.2 Å². The summed E-state index contributed by atoms with van der Waals surface area (Å²) in [5.41, 5.74) is 0.805. The minimum absolute atomic E-state index is 0.0118. The number of ether oxygens (including phenoxy) is 1. The molecule has 5 aliphatic carbocycles. The van der Waals surface area contributed by atoms with Gasteiger partial charge in [-0.2, -0.15) is 0 Å². The predicted octanol–water partition coefficient (Wildman–Crippen LogP) is 6.50. The molecule has 4 nitrogen and oxygen atoms in total. The lowest BCUT2D eigenvalue weighted by molar-refractivity contribution is -0.206. The Kier molecular flexibility index (Phi) is 5.43. The predicted molar refractivity (Wildman–Crippen MR) is 137 cm³/mol. The highest BCUT2D eigenvalue weighted by Gasteiger charge is 2.71. The van der Waals surface area contributed by atoms with Gasteiger partial charge in [0.1, 0.15) is 0 Å². The molecule has 0 saturated heterocycles. The molecule has 1 N–H and O–H groups in total. The van der Waals surface area contributed by atoms with Crippen molar-refractivity contribution in [2.45, 2.75) is 112 Å². The molecule has 4 fully saturated rings. The Morgan fingerprint density at radius 2 is 1.60 bits per heavy atom. The van der Waals surface area contributed by atoms with Crippen LogP contribution in [0.1, 0.15) is 106 Å². The number of carbonyl (C=O) groups excluding carboxylic acids is 2. The highest BCUT2D eigenvalue weighted by molar-refractivity contribution is 5.96. The zero-order valence-corrected chi connectivity index (χ0v) is 23.4. The average molecular weight is 485 g/mol. The van der Waals surface area contributed by atoms with Crippen molar-refractivity contribution in [3.8, 4) is 0 Å². The molecule has 5 aliphatic rings. The summed E-state index contributed by atoms with van der Waals surface area (Å²) in [5, 5.41) is 10.9. The third kappa shape index (κ3) is 2.95. The van der Waals surface area contributed by atoms with Gasteiger partial charge in [0.25, 0.3) is 0 Å². The van der Waals surface area contributed by atoms with Gasteiger partial charge in [0.05, 0.1) is 19.1 Å². The second-order valence-electron chi connectivity index (χ2n) is 15.0. The maximum Gasteiger partial charge on any atom is 0.308 e. The van der Waals surface area contributed by atoms with Gasteiger partial charge in [-0.25, -0.2) is 0 Å². The van der Waals surface area contributed by atoms with Crippen LogP contribution in [-0.2, 0) is 14.3 Å². The average Bonchev–Trinajstić information content (AvgIpc) is 2.78. The first-order chi connectivity index (χ1) is 16.1. The molecule has 9 atom stereocenters. The summed E-state index contributed by atoms with van der Waals surface area (Å²) in [4.78, 5) is 27.0. The molecule has 196 valence electrons. The monoisotopic (exact) mass is 484 g/mol. The number of hydrogen-bond donors (Lipinski definition) is 1. The number of ketones is 1. The number of rotatable bonds is 1. The maximum absolute atomic E-state index is 14.3. The summed E-state index contributed by atoms with van der Waals surface area (Å²) >= 11 is 0. The van der Waals surface area contributed by atoms with Crippen LogP contribution in [0, 0.1) is 50.2 Å². The highest BCUT2D eigenvalue weighted by Crippen LogP contribution is 2.77. The van der Waals surface area contributed by atoms with Crippen LogP contribution >= 0.6 is 0 Å². The van der Waals surface area contributed by atoms with Gasteiger partial charge in [-0.1, -0.05) is 54.0 Å². The van der Waals surface area contributed by atoms with E-state index in [9.17, 15) is 14.7 Å². The molecule has 4 heteroatoms. The van der Waals surface area contributed by atoms with E-state index >= 15 is 0 Å². The Balaban J connectivity index is 1.63. The summed E-state index contributed by atoms with van der Waals surface area (Å²) in [6.45, 7) is 16.5. The number of fused-ring (bicyclic) bond motifs is 7. The molecule has 0 aliphatic heterocycles. The Labute approximate surface area is 212 Å². The first-order valence-electron chi connectivity index (χ1n) is 14.1. The first kappa shape index (κ1) is 25.5. The van der Waals surface area contributed by atoms with Crippen molar-refractivity contribution in [1.29, 1.82) is 0 Å². The van der Waals surface area contributed by atoms with E-state index in [1.807, 2.05) is 0 Å². The molecule has 5 rings (SSSR count). The molecule has 0 heterocycles. The smallest absolute Gasteiger partial charge is 0.308 e. The van der Waals surface area contributed by atoms with E-state index < -0.39 is 0 Å². The second-order valence-corrected chi connectivity index (χ2v) is 15.0. The molecule has 0 aromatic heterocycles. The van der Waals surface area contributed by atoms with Crippen LogP contribution in [0.4, 0.5) is 0 Å². The number of esters is 1. The van der Waals surface area contributed by atoms with E-state index in [0.29, 0.717) is 11.7 Å². The Morgan fingerprint density at radius 3 is 2.26 bits per heavy atom. The van der Waals surface area contributed by atoms with Gasteiger partial charge in [0, 0.05) is 5.92 Å². The van der Waals surface area contributed by atoms with Gasteiger partial charge in [-0.05, 0) is 102 Å². The van der Waals surface area contributed by atoms with Crippen LogP contribution in [0.15, 0.2) is 11.6 Å². The topological polar surface area (TPSA) is 63.6 Å². The standard InChI is InChI=1S/C31H48O4/c1-26(2)21-10-14-30(6)24(28(21,4)13-11-23(26)33)20(32)17-22-29(30,5)16-15-27(3)12-9-19(25(34)35-8)18-31(22,27)7/h17,19,21,23-24,33H,9-16,18H2,1-8H3/t19-,21-,23-,24+,27+,28-,29+,30+,31?/m0/s1. The summed E-state index contributed by atoms with van der Waals surface area (Å²) in [6, 6.07) is 0. The van der Waals surface area contributed by atoms with Crippen LogP contribution < -0.4 is 0 Å². The molecule has 35 heavy (non-hydrogen) atoms. The molecule has 0 aromatic rings. The SMILES string of the molecule is COC(=O)[C@H]1CC[C@]2(C)CC[C@]3(C)C(=CC(=O)[C@@H]4[C@@]5(C)CC[C@H](O)C(C)(C)[C@@H]5CC[C@]43C)C2(C)C1. The molecule has 1 unspecified atom stereocenters. The van der Waals surface area contributed by atoms with Gasteiger partial charge < -0.3 is 9.84 Å². The fourth-order valence-corrected chi connectivity index (χ4v) is 10.9. The van der Waals surface area contributed by atoms with Crippen LogP contribution in [0.3, 0.4) is 0 Å². The van der Waals surface area contributed by atoms with Crippen LogP contribution in [-0.4, -0.2) is 30.1 Å². The van der Waals surface area contributed by atoms with Crippen molar-refractivity contribution < 1.29 is 19.4 Å². The third-order valence-electron chi connectivity index (χ3n) is 13.5. The zero-order valence-electron chi connectivity index (χ0n) is 23.4. The normalized spacial score (nSPS) is 52.8. The molecule has 0 aromatic carbocycles. The van der Waals surface area contributed by atoms with Gasteiger partial charge in [0.15, 0.2) is 5.78 Å². The number of hydrogen-bond acceptors (Lipinski definition) is 4. The Morgan fingerprint density at radius 1 is 0.914 bits per heavy atom. The fraction of sp³-hybridized carbons (Fsp3) is 0.871. The van der Waals surface area contributed by atoms with Crippen LogP contribution in [0.25, 0.3) is 0 Å². The summed E-state index contributed by atoms with van der Waals surface area (Å²) in [5.74, 6) is 0.466. The van der Waals surface area contributed by atoms with Crippen molar-refractivity contribution in [3.05, 3.63) is 11.6 Å². The van der Waals surface area contributed by atoms with E-state index in [1.165, 1.54) is 12.7 Å².